The summed E-state index contributed by atoms with van der Waals surface area (Å²) in [6.07, 6.45) is 3.53. The van der Waals surface area contributed by atoms with Crippen LogP contribution in [0.3, 0.4) is 0 Å². The van der Waals surface area contributed by atoms with Crippen molar-refractivity contribution in [3.63, 3.8) is 0 Å². The normalized spacial score (nSPS) is 11.1. The molecule has 0 aliphatic rings. The first-order valence-corrected chi connectivity index (χ1v) is 6.19. The monoisotopic (exact) mass is 253 g/mol. The second-order valence-electron chi connectivity index (χ2n) is 3.84. The molecule has 0 bridgehead atoms. The molecule has 0 amide bonds. The Labute approximate surface area is 104 Å². The number of hydrogen-bond acceptors (Lipinski definition) is 6. The Morgan fingerprint density at radius 2 is 2.29 bits per heavy atom. The van der Waals surface area contributed by atoms with E-state index in [-0.39, 0.29) is 0 Å². The first kappa shape index (κ1) is 12.0. The standard InChI is InChI=1S/C10H15N5OS/c1-7(2)15-6-8(4-12-15)16-10-14-13-9(17-10)5-11-3/h4,6-7,11H,5H2,1-3H3. The van der Waals surface area contributed by atoms with Crippen molar-refractivity contribution >= 4 is 11.3 Å². The molecule has 0 fully saturated rings. The lowest BCUT2D eigenvalue weighted by Crippen LogP contribution is -2.04. The maximum absolute atomic E-state index is 5.57. The predicted octanol–water partition coefficient (Wildman–Crippen LogP) is 1.83. The lowest BCUT2D eigenvalue weighted by atomic mass is 10.4. The minimum absolute atomic E-state index is 0.321. The molecule has 0 radical (unpaired) electrons. The topological polar surface area (TPSA) is 64.9 Å². The zero-order valence-corrected chi connectivity index (χ0v) is 10.9. The van der Waals surface area contributed by atoms with Gasteiger partial charge in [-0.2, -0.15) is 5.10 Å². The number of nitrogens with zero attached hydrogens (tertiary/aromatic N) is 4. The molecule has 92 valence electrons. The molecular formula is C10H15N5OS. The van der Waals surface area contributed by atoms with Crippen molar-refractivity contribution in [3.8, 4) is 10.9 Å². The summed E-state index contributed by atoms with van der Waals surface area (Å²) in [5.41, 5.74) is 0. The molecule has 0 atom stereocenters. The van der Waals surface area contributed by atoms with E-state index in [1.807, 2.05) is 17.9 Å². The van der Waals surface area contributed by atoms with Crippen molar-refractivity contribution in [2.24, 2.45) is 0 Å². The fraction of sp³-hybridized carbons (Fsp3) is 0.500. The summed E-state index contributed by atoms with van der Waals surface area (Å²) in [5.74, 6) is 0.686. The fourth-order valence-electron chi connectivity index (χ4n) is 1.26. The Hall–Kier alpha value is -1.47. The van der Waals surface area contributed by atoms with Crippen molar-refractivity contribution in [3.05, 3.63) is 17.4 Å². The summed E-state index contributed by atoms with van der Waals surface area (Å²) in [6, 6.07) is 0.321. The molecule has 0 aromatic carbocycles. The minimum atomic E-state index is 0.321. The fourth-order valence-corrected chi connectivity index (χ4v) is 1.98. The lowest BCUT2D eigenvalue weighted by Gasteiger charge is -2.02. The van der Waals surface area contributed by atoms with E-state index in [1.54, 1.807) is 6.20 Å². The number of aromatic nitrogens is 4. The van der Waals surface area contributed by atoms with Gasteiger partial charge in [0.2, 0.25) is 0 Å². The van der Waals surface area contributed by atoms with E-state index in [0.717, 1.165) is 5.01 Å². The summed E-state index contributed by atoms with van der Waals surface area (Å²) >= 11 is 1.43. The van der Waals surface area contributed by atoms with Crippen LogP contribution in [-0.2, 0) is 6.54 Å². The van der Waals surface area contributed by atoms with Gasteiger partial charge in [0.15, 0.2) is 5.75 Å². The van der Waals surface area contributed by atoms with E-state index in [9.17, 15) is 0 Å². The van der Waals surface area contributed by atoms with E-state index in [0.29, 0.717) is 23.5 Å². The molecule has 2 aromatic heterocycles. The van der Waals surface area contributed by atoms with Gasteiger partial charge in [-0.1, -0.05) is 16.4 Å². The molecule has 0 unspecified atom stereocenters. The number of hydrogen-bond donors (Lipinski definition) is 1. The SMILES string of the molecule is CNCc1nnc(Oc2cnn(C(C)C)c2)s1. The minimum Gasteiger partial charge on any atom is -0.426 e. The molecule has 2 heterocycles. The highest BCUT2D eigenvalue weighted by Crippen LogP contribution is 2.24. The summed E-state index contributed by atoms with van der Waals surface area (Å²) in [4.78, 5) is 0. The molecule has 17 heavy (non-hydrogen) atoms. The molecule has 6 nitrogen and oxygen atoms in total. The van der Waals surface area contributed by atoms with Gasteiger partial charge in [-0.05, 0) is 20.9 Å². The number of rotatable bonds is 5. The molecular weight excluding hydrogens is 238 g/mol. The third-order valence-electron chi connectivity index (χ3n) is 2.09. The van der Waals surface area contributed by atoms with Gasteiger partial charge < -0.3 is 10.1 Å². The van der Waals surface area contributed by atoms with Crippen LogP contribution in [0.1, 0.15) is 24.9 Å². The lowest BCUT2D eigenvalue weighted by molar-refractivity contribution is 0.468. The molecule has 2 aromatic rings. The molecule has 2 rings (SSSR count). The maximum atomic E-state index is 5.57. The third-order valence-corrected chi connectivity index (χ3v) is 2.89. The second kappa shape index (κ2) is 5.24. The molecule has 1 N–H and O–H groups in total. The molecule has 7 heteroatoms. The van der Waals surface area contributed by atoms with Gasteiger partial charge in [-0.25, -0.2) is 0 Å². The van der Waals surface area contributed by atoms with Crippen LogP contribution in [-0.4, -0.2) is 27.0 Å². The van der Waals surface area contributed by atoms with Gasteiger partial charge in [0.25, 0.3) is 5.19 Å². The van der Waals surface area contributed by atoms with Crippen molar-refractivity contribution < 1.29 is 4.74 Å². The summed E-state index contributed by atoms with van der Waals surface area (Å²) in [6.45, 7) is 4.83. The van der Waals surface area contributed by atoms with Gasteiger partial charge in [0, 0.05) is 12.6 Å². The molecule has 0 spiro atoms. The van der Waals surface area contributed by atoms with Crippen molar-refractivity contribution in [1.29, 1.82) is 0 Å². The Morgan fingerprint density at radius 1 is 1.47 bits per heavy atom. The number of nitrogens with one attached hydrogen (secondary N) is 1. The maximum Gasteiger partial charge on any atom is 0.299 e. The molecule has 0 aliphatic carbocycles. The van der Waals surface area contributed by atoms with E-state index in [1.165, 1.54) is 11.3 Å². The zero-order chi connectivity index (χ0) is 12.3. The third kappa shape index (κ3) is 3.01. The quantitative estimate of drug-likeness (QED) is 0.880. The Morgan fingerprint density at radius 3 is 2.94 bits per heavy atom. The smallest absolute Gasteiger partial charge is 0.299 e. The van der Waals surface area contributed by atoms with Crippen LogP contribution in [0.15, 0.2) is 12.4 Å². The average Bonchev–Trinajstić information content (AvgIpc) is 2.89. The summed E-state index contributed by atoms with van der Waals surface area (Å²) < 4.78 is 7.41. The summed E-state index contributed by atoms with van der Waals surface area (Å²) in [5, 5.41) is 16.6. The largest absolute Gasteiger partial charge is 0.426 e. The zero-order valence-electron chi connectivity index (χ0n) is 10.0. The first-order chi connectivity index (χ1) is 8.19. The summed E-state index contributed by atoms with van der Waals surface area (Å²) in [7, 11) is 1.87. The van der Waals surface area contributed by atoms with Crippen LogP contribution >= 0.6 is 11.3 Å². The van der Waals surface area contributed by atoms with Gasteiger partial charge in [0.1, 0.15) is 5.01 Å². The second-order valence-corrected chi connectivity index (χ2v) is 4.87. The highest BCUT2D eigenvalue weighted by Gasteiger charge is 2.08. The van der Waals surface area contributed by atoms with Gasteiger partial charge in [-0.15, -0.1) is 5.10 Å². The van der Waals surface area contributed by atoms with Crippen LogP contribution in [0.2, 0.25) is 0 Å². The highest BCUT2D eigenvalue weighted by atomic mass is 32.1. The van der Waals surface area contributed by atoms with Crippen LogP contribution in [0.25, 0.3) is 0 Å². The Bertz CT molecular complexity index is 479. The number of ether oxygens (including phenoxy) is 1. The van der Waals surface area contributed by atoms with Crippen molar-refractivity contribution in [2.75, 3.05) is 7.05 Å². The van der Waals surface area contributed by atoms with E-state index in [2.05, 4.69) is 34.5 Å². The predicted molar refractivity (Wildman–Crippen MR) is 65.4 cm³/mol. The van der Waals surface area contributed by atoms with Gasteiger partial charge >= 0.3 is 0 Å². The highest BCUT2D eigenvalue weighted by molar-refractivity contribution is 7.13. The Kier molecular flexibility index (Phi) is 3.70. The molecule has 0 aliphatic heterocycles. The Balaban J connectivity index is 2.03. The van der Waals surface area contributed by atoms with Crippen LogP contribution < -0.4 is 10.1 Å². The van der Waals surface area contributed by atoms with E-state index >= 15 is 0 Å². The van der Waals surface area contributed by atoms with E-state index < -0.39 is 0 Å². The van der Waals surface area contributed by atoms with Gasteiger partial charge in [-0.3, -0.25) is 4.68 Å². The molecule has 0 saturated carbocycles. The van der Waals surface area contributed by atoms with Crippen LogP contribution in [0, 0.1) is 0 Å². The van der Waals surface area contributed by atoms with Crippen LogP contribution in [0.4, 0.5) is 0 Å². The first-order valence-electron chi connectivity index (χ1n) is 5.38. The van der Waals surface area contributed by atoms with Crippen LogP contribution in [0.5, 0.6) is 10.9 Å². The molecule has 0 saturated heterocycles. The van der Waals surface area contributed by atoms with Crippen molar-refractivity contribution in [1.82, 2.24) is 25.3 Å². The average molecular weight is 253 g/mol. The van der Waals surface area contributed by atoms with Gasteiger partial charge in [0.05, 0.1) is 12.4 Å². The van der Waals surface area contributed by atoms with Crippen molar-refractivity contribution in [2.45, 2.75) is 26.4 Å². The van der Waals surface area contributed by atoms with E-state index in [4.69, 9.17) is 4.74 Å².